The molecule has 4 nitrogen and oxygen atoms in total. The van der Waals surface area contributed by atoms with Crippen LogP contribution < -0.4 is 10.4 Å². The van der Waals surface area contributed by atoms with Crippen LogP contribution in [0.3, 0.4) is 0 Å². The molecule has 0 bridgehead atoms. The van der Waals surface area contributed by atoms with Crippen LogP contribution in [0.2, 0.25) is 0 Å². The van der Waals surface area contributed by atoms with Gasteiger partial charge in [-0.3, -0.25) is 0 Å². The lowest BCUT2D eigenvalue weighted by molar-refractivity contribution is -0.255. The summed E-state index contributed by atoms with van der Waals surface area (Å²) >= 11 is 0.413. The van der Waals surface area contributed by atoms with Crippen molar-refractivity contribution < 1.29 is 23.1 Å². The van der Waals surface area contributed by atoms with E-state index in [2.05, 4.69) is 10.3 Å². The van der Waals surface area contributed by atoms with Crippen LogP contribution in [-0.2, 0) is 6.18 Å². The molecule has 2 rings (SSSR count). The maximum absolute atomic E-state index is 12.7. The van der Waals surface area contributed by atoms with Gasteiger partial charge < -0.3 is 15.2 Å². The van der Waals surface area contributed by atoms with Crippen LogP contribution in [0.25, 0.3) is 0 Å². The lowest BCUT2D eigenvalue weighted by Gasteiger charge is -2.12. The molecule has 21 heavy (non-hydrogen) atoms. The zero-order valence-corrected chi connectivity index (χ0v) is 11.6. The number of hydrogen-bond donors (Lipinski definition) is 1. The fourth-order valence-electron chi connectivity index (χ4n) is 1.72. The number of carbonyl (C=O) groups excluding carboxylic acids is 1. The lowest BCUT2D eigenvalue weighted by atomic mass is 10.1. The quantitative estimate of drug-likeness (QED) is 0.942. The summed E-state index contributed by atoms with van der Waals surface area (Å²) in [6, 6.07) is 8.69. The largest absolute Gasteiger partial charge is 0.544 e. The number of aromatic carboxylic acids is 1. The van der Waals surface area contributed by atoms with E-state index >= 15 is 0 Å². The normalized spacial score (nSPS) is 13.0. The van der Waals surface area contributed by atoms with E-state index in [0.717, 1.165) is 5.56 Å². The molecule has 1 heterocycles. The summed E-state index contributed by atoms with van der Waals surface area (Å²) in [4.78, 5) is 13.2. The predicted molar refractivity (Wildman–Crippen MR) is 69.9 cm³/mol. The fourth-order valence-corrected chi connectivity index (χ4v) is 2.63. The molecule has 112 valence electrons. The van der Waals surface area contributed by atoms with Gasteiger partial charge in [0.1, 0.15) is 0 Å². The van der Waals surface area contributed by atoms with Crippen LogP contribution in [0.4, 0.5) is 18.3 Å². The third-order valence-electron chi connectivity index (χ3n) is 2.72. The molecule has 0 aliphatic rings. The fraction of sp³-hybridized carbons (Fsp3) is 0.231. The third kappa shape index (κ3) is 3.52. The van der Waals surface area contributed by atoms with Crippen molar-refractivity contribution in [2.75, 3.05) is 5.32 Å². The summed E-state index contributed by atoms with van der Waals surface area (Å²) in [7, 11) is 0. The monoisotopic (exact) mass is 315 g/mol. The van der Waals surface area contributed by atoms with Crippen molar-refractivity contribution in [3.05, 3.63) is 46.5 Å². The Kier molecular flexibility index (Phi) is 4.17. The van der Waals surface area contributed by atoms with Gasteiger partial charge in [0.05, 0.1) is 16.9 Å². The van der Waals surface area contributed by atoms with Gasteiger partial charge in [0, 0.05) is 0 Å². The van der Waals surface area contributed by atoms with Gasteiger partial charge in [0.15, 0.2) is 10.8 Å². The topological polar surface area (TPSA) is 65.0 Å². The van der Waals surface area contributed by atoms with E-state index in [1.54, 1.807) is 31.2 Å². The van der Waals surface area contributed by atoms with Crippen molar-refractivity contribution in [2.45, 2.75) is 19.1 Å². The predicted octanol–water partition coefficient (Wildman–Crippen LogP) is 2.70. The number of carbonyl (C=O) groups is 1. The molecule has 0 aliphatic carbocycles. The molecule has 1 aromatic carbocycles. The Balaban J connectivity index is 2.27. The van der Waals surface area contributed by atoms with E-state index in [1.165, 1.54) is 0 Å². The number of halogens is 3. The number of hydrogen-bond acceptors (Lipinski definition) is 5. The van der Waals surface area contributed by atoms with Gasteiger partial charge in [0.2, 0.25) is 0 Å². The zero-order chi connectivity index (χ0) is 15.6. The van der Waals surface area contributed by atoms with Gasteiger partial charge in [-0.2, -0.15) is 13.2 Å². The molecule has 1 atom stereocenters. The van der Waals surface area contributed by atoms with Crippen molar-refractivity contribution in [1.82, 2.24) is 4.98 Å². The number of rotatable bonds is 4. The second kappa shape index (κ2) is 5.72. The minimum atomic E-state index is -4.83. The Morgan fingerprint density at radius 3 is 2.43 bits per heavy atom. The highest BCUT2D eigenvalue weighted by atomic mass is 32.1. The Morgan fingerprint density at radius 1 is 1.33 bits per heavy atom. The van der Waals surface area contributed by atoms with E-state index in [4.69, 9.17) is 0 Å². The summed E-state index contributed by atoms with van der Waals surface area (Å²) in [5.41, 5.74) is -0.591. The second-order valence-corrected chi connectivity index (χ2v) is 5.26. The van der Waals surface area contributed by atoms with Crippen LogP contribution in [0.5, 0.6) is 0 Å². The molecular weight excluding hydrogens is 305 g/mol. The van der Waals surface area contributed by atoms with Gasteiger partial charge >= 0.3 is 6.18 Å². The average molecular weight is 315 g/mol. The summed E-state index contributed by atoms with van der Waals surface area (Å²) in [6.07, 6.45) is -4.83. The Labute approximate surface area is 122 Å². The minimum absolute atomic E-state index is 0.113. The molecule has 0 fully saturated rings. The van der Waals surface area contributed by atoms with E-state index in [1.807, 2.05) is 6.07 Å². The number of thiazole rings is 1. The number of benzene rings is 1. The SMILES string of the molecule is C[C@@H](Nc1nc(C(F)(F)F)c(C(=O)[O-])s1)c1ccccc1. The zero-order valence-electron chi connectivity index (χ0n) is 10.8. The number of carboxylic acids is 1. The van der Waals surface area contributed by atoms with Gasteiger partial charge in [0.25, 0.3) is 0 Å². The summed E-state index contributed by atoms with van der Waals surface area (Å²) in [5.74, 6) is -1.89. The highest BCUT2D eigenvalue weighted by Crippen LogP contribution is 2.36. The third-order valence-corrected chi connectivity index (χ3v) is 3.69. The number of nitrogens with zero attached hydrogens (tertiary/aromatic N) is 1. The first kappa shape index (κ1) is 15.3. The van der Waals surface area contributed by atoms with Crippen molar-refractivity contribution in [3.63, 3.8) is 0 Å². The highest BCUT2D eigenvalue weighted by molar-refractivity contribution is 7.17. The molecule has 2 aromatic rings. The molecule has 0 aliphatic heterocycles. The Hall–Kier alpha value is -2.09. The van der Waals surface area contributed by atoms with Crippen molar-refractivity contribution in [3.8, 4) is 0 Å². The molecule has 0 radical (unpaired) electrons. The molecule has 0 saturated carbocycles. The molecule has 0 spiro atoms. The van der Waals surface area contributed by atoms with Gasteiger partial charge in [-0.15, -0.1) is 0 Å². The van der Waals surface area contributed by atoms with Gasteiger partial charge in [-0.25, -0.2) is 4.98 Å². The maximum atomic E-state index is 12.7. The highest BCUT2D eigenvalue weighted by Gasteiger charge is 2.38. The number of aromatic nitrogens is 1. The number of nitrogens with one attached hydrogen (secondary N) is 1. The molecule has 1 N–H and O–H groups in total. The molecule has 0 unspecified atom stereocenters. The Morgan fingerprint density at radius 2 is 1.95 bits per heavy atom. The van der Waals surface area contributed by atoms with Crippen molar-refractivity contribution >= 4 is 22.4 Å². The summed E-state index contributed by atoms with van der Waals surface area (Å²) in [6.45, 7) is 1.74. The summed E-state index contributed by atoms with van der Waals surface area (Å²) in [5, 5.41) is 13.4. The molecular formula is C13H10F3N2O2S-. The van der Waals surface area contributed by atoms with Crippen LogP contribution in [-0.4, -0.2) is 11.0 Å². The number of anilines is 1. The standard InChI is InChI=1S/C13H11F3N2O2S/c1-7(8-5-3-2-4-6-8)17-12-18-10(13(14,15)16)9(21-12)11(19)20/h2-7H,1H3,(H,17,18)(H,19,20)/p-1/t7-/m1/s1. The van der Waals surface area contributed by atoms with Crippen LogP contribution in [0.15, 0.2) is 30.3 Å². The first-order valence-corrected chi connectivity index (χ1v) is 6.71. The lowest BCUT2D eigenvalue weighted by Crippen LogP contribution is -2.24. The van der Waals surface area contributed by atoms with Crippen molar-refractivity contribution in [1.29, 1.82) is 0 Å². The van der Waals surface area contributed by atoms with E-state index in [0.29, 0.717) is 11.3 Å². The van der Waals surface area contributed by atoms with Gasteiger partial charge in [-0.1, -0.05) is 41.7 Å². The molecule has 0 saturated heterocycles. The first-order valence-electron chi connectivity index (χ1n) is 5.90. The van der Waals surface area contributed by atoms with E-state index in [9.17, 15) is 23.1 Å². The molecule has 1 aromatic heterocycles. The average Bonchev–Trinajstić information content (AvgIpc) is 2.84. The van der Waals surface area contributed by atoms with Crippen LogP contribution >= 0.6 is 11.3 Å². The molecule has 8 heteroatoms. The second-order valence-electron chi connectivity index (χ2n) is 4.26. The maximum Gasteiger partial charge on any atom is 0.434 e. The number of carboxylic acid groups (broad SMARTS) is 1. The first-order chi connectivity index (χ1) is 9.79. The summed E-state index contributed by atoms with van der Waals surface area (Å²) < 4.78 is 38.1. The van der Waals surface area contributed by atoms with Crippen molar-refractivity contribution in [2.24, 2.45) is 0 Å². The molecule has 0 amide bonds. The van der Waals surface area contributed by atoms with Crippen LogP contribution in [0, 0.1) is 0 Å². The van der Waals surface area contributed by atoms with Gasteiger partial charge in [-0.05, 0) is 12.5 Å². The number of alkyl halides is 3. The van der Waals surface area contributed by atoms with E-state index in [-0.39, 0.29) is 11.2 Å². The minimum Gasteiger partial charge on any atom is -0.544 e. The van der Waals surface area contributed by atoms with E-state index < -0.39 is 22.7 Å². The Bertz CT molecular complexity index is 641. The van der Waals surface area contributed by atoms with Crippen LogP contribution in [0.1, 0.15) is 33.9 Å². The smallest absolute Gasteiger partial charge is 0.434 e.